The number of anilines is 1. The summed E-state index contributed by atoms with van der Waals surface area (Å²) in [5, 5.41) is 12.4. The van der Waals surface area contributed by atoms with Gasteiger partial charge < -0.3 is 14.8 Å². The molecule has 0 saturated carbocycles. The molecule has 2 aromatic heterocycles. The summed E-state index contributed by atoms with van der Waals surface area (Å²) in [5.74, 6) is 0.763. The minimum absolute atomic E-state index is 0.0593. The van der Waals surface area contributed by atoms with E-state index in [0.717, 1.165) is 34.7 Å². The quantitative estimate of drug-likeness (QED) is 0.551. The highest BCUT2D eigenvalue weighted by Crippen LogP contribution is 2.45. The highest BCUT2D eigenvalue weighted by atomic mass is 16.1. The number of aromatic amines is 1. The van der Waals surface area contributed by atoms with Crippen LogP contribution in [-0.4, -0.2) is 38.7 Å². The van der Waals surface area contributed by atoms with Crippen molar-refractivity contribution in [1.29, 1.82) is 0 Å². The second-order valence-corrected chi connectivity index (χ2v) is 8.14. The van der Waals surface area contributed by atoms with E-state index in [-0.39, 0.29) is 17.5 Å². The number of aromatic nitrogens is 4. The van der Waals surface area contributed by atoms with Crippen molar-refractivity contribution in [1.82, 2.24) is 24.6 Å². The van der Waals surface area contributed by atoms with E-state index in [4.69, 9.17) is 0 Å². The summed E-state index contributed by atoms with van der Waals surface area (Å²) in [6.07, 6.45) is 3.74. The first-order chi connectivity index (χ1) is 14.5. The molecule has 5 rings (SSSR count). The monoisotopic (exact) mass is 400 g/mol. The average molecular weight is 400 g/mol. The molecule has 2 N–H and O–H groups in total. The highest BCUT2D eigenvalue weighted by Gasteiger charge is 2.36. The Morgan fingerprint density at radius 2 is 1.93 bits per heavy atom. The summed E-state index contributed by atoms with van der Waals surface area (Å²) < 4.78 is 2.02. The smallest absolute Gasteiger partial charge is 0.272 e. The van der Waals surface area contributed by atoms with Crippen LogP contribution in [0.15, 0.2) is 59.7 Å². The number of hydrogen-bond acceptors (Lipinski definition) is 5. The molecule has 0 spiro atoms. The Morgan fingerprint density at radius 3 is 2.63 bits per heavy atom. The van der Waals surface area contributed by atoms with Gasteiger partial charge in [-0.2, -0.15) is 5.10 Å². The van der Waals surface area contributed by atoms with Gasteiger partial charge in [0, 0.05) is 37.1 Å². The van der Waals surface area contributed by atoms with Gasteiger partial charge in [0.2, 0.25) is 0 Å². The second kappa shape index (κ2) is 7.11. The topological polar surface area (TPSA) is 78.8 Å². The number of aryl methyl sites for hydroxylation is 1. The van der Waals surface area contributed by atoms with Gasteiger partial charge in [-0.05, 0) is 37.4 Å². The van der Waals surface area contributed by atoms with Crippen LogP contribution in [0.3, 0.4) is 0 Å². The van der Waals surface area contributed by atoms with Gasteiger partial charge in [0.1, 0.15) is 5.82 Å². The number of rotatable bonds is 4. The molecular formula is C23H24N6O. The molecule has 2 unspecified atom stereocenters. The van der Waals surface area contributed by atoms with Gasteiger partial charge in [-0.25, -0.2) is 10.1 Å². The van der Waals surface area contributed by atoms with Gasteiger partial charge in [-0.15, -0.1) is 0 Å². The molecule has 0 saturated heterocycles. The zero-order valence-corrected chi connectivity index (χ0v) is 17.3. The summed E-state index contributed by atoms with van der Waals surface area (Å²) >= 11 is 0. The molecule has 3 heterocycles. The molecule has 2 aromatic carbocycles. The maximum Gasteiger partial charge on any atom is 0.272 e. The molecule has 1 aliphatic heterocycles. The van der Waals surface area contributed by atoms with Crippen LogP contribution in [0.25, 0.3) is 10.8 Å². The molecule has 0 aliphatic carbocycles. The number of nitrogens with one attached hydrogen (secondary N) is 2. The third kappa shape index (κ3) is 2.98. The Balaban J connectivity index is 1.69. The molecule has 1 aliphatic rings. The van der Waals surface area contributed by atoms with Crippen molar-refractivity contribution in [3.8, 4) is 0 Å². The zero-order chi connectivity index (χ0) is 20.8. The first kappa shape index (κ1) is 18.6. The summed E-state index contributed by atoms with van der Waals surface area (Å²) in [7, 11) is 6.12. The van der Waals surface area contributed by atoms with Gasteiger partial charge in [0.25, 0.3) is 5.56 Å². The number of H-pyrrole nitrogens is 1. The van der Waals surface area contributed by atoms with Gasteiger partial charge in [0.05, 0.1) is 23.0 Å². The minimum atomic E-state index is -0.178. The van der Waals surface area contributed by atoms with Crippen LogP contribution in [0.4, 0.5) is 5.69 Å². The summed E-state index contributed by atoms with van der Waals surface area (Å²) in [6, 6.07) is 14.4. The molecule has 0 fully saturated rings. The van der Waals surface area contributed by atoms with E-state index < -0.39 is 0 Å². The molecule has 4 aromatic rings. The third-order valence-electron chi connectivity index (χ3n) is 5.76. The molecule has 7 nitrogen and oxygen atoms in total. The molecular weight excluding hydrogens is 376 g/mol. The molecule has 2 atom stereocenters. The summed E-state index contributed by atoms with van der Waals surface area (Å²) in [6.45, 7) is 0.895. The standard InChI is InChI=1S/C23H24N6O/c1-28(2)13-14-7-9-15(10-8-14)20-19(22-24-11-12-29(22)3)21-18-16(23(30)27-26-21)5-4-6-17(18)25-20/h4-12,19-20,25H,13H2,1-3H3,(H,27,30). The Hall–Kier alpha value is -3.45. The molecule has 0 radical (unpaired) electrons. The van der Waals surface area contributed by atoms with Crippen LogP contribution < -0.4 is 10.9 Å². The minimum Gasteiger partial charge on any atom is -0.377 e. The first-order valence-corrected chi connectivity index (χ1v) is 10.0. The van der Waals surface area contributed by atoms with Crippen LogP contribution in [0.5, 0.6) is 0 Å². The summed E-state index contributed by atoms with van der Waals surface area (Å²) in [5.41, 5.74) is 4.01. The van der Waals surface area contributed by atoms with E-state index >= 15 is 0 Å². The second-order valence-electron chi connectivity index (χ2n) is 8.14. The van der Waals surface area contributed by atoms with Crippen LogP contribution in [-0.2, 0) is 13.6 Å². The van der Waals surface area contributed by atoms with Gasteiger partial charge >= 0.3 is 0 Å². The van der Waals surface area contributed by atoms with Gasteiger partial charge in [0.15, 0.2) is 0 Å². The average Bonchev–Trinajstić information content (AvgIpc) is 3.16. The van der Waals surface area contributed by atoms with Crippen molar-refractivity contribution in [3.05, 3.63) is 87.9 Å². The van der Waals surface area contributed by atoms with Crippen LogP contribution >= 0.6 is 0 Å². The van der Waals surface area contributed by atoms with E-state index in [1.165, 1.54) is 5.56 Å². The maximum atomic E-state index is 12.4. The van der Waals surface area contributed by atoms with Crippen molar-refractivity contribution >= 4 is 16.5 Å². The van der Waals surface area contributed by atoms with Crippen molar-refractivity contribution in [2.45, 2.75) is 18.5 Å². The zero-order valence-electron chi connectivity index (χ0n) is 17.3. The number of hydrogen-bond donors (Lipinski definition) is 2. The van der Waals surface area contributed by atoms with E-state index in [1.54, 1.807) is 6.20 Å². The fraction of sp³-hybridized carbons (Fsp3) is 0.261. The van der Waals surface area contributed by atoms with Gasteiger partial charge in [-0.3, -0.25) is 4.79 Å². The SMILES string of the molecule is CN(C)Cc1ccc(C2Nc3cccc4c(=O)[nH]nc(c34)C2c2nccn2C)cc1. The van der Waals surface area contributed by atoms with Crippen LogP contribution in [0.1, 0.15) is 34.6 Å². The lowest BCUT2D eigenvalue weighted by molar-refractivity contribution is 0.402. The number of imidazole rings is 1. The summed E-state index contributed by atoms with van der Waals surface area (Å²) in [4.78, 5) is 19.2. The lowest BCUT2D eigenvalue weighted by atomic mass is 9.83. The third-order valence-corrected chi connectivity index (χ3v) is 5.76. The predicted octanol–water partition coefficient (Wildman–Crippen LogP) is 3.02. The predicted molar refractivity (Wildman–Crippen MR) is 118 cm³/mol. The lowest BCUT2D eigenvalue weighted by Gasteiger charge is -2.34. The fourth-order valence-corrected chi connectivity index (χ4v) is 4.42. The maximum absolute atomic E-state index is 12.4. The Kier molecular flexibility index (Phi) is 4.40. The van der Waals surface area contributed by atoms with E-state index in [1.807, 2.05) is 36.0 Å². The van der Waals surface area contributed by atoms with Crippen molar-refractivity contribution in [2.75, 3.05) is 19.4 Å². The number of benzene rings is 2. The molecule has 0 amide bonds. The van der Waals surface area contributed by atoms with Crippen molar-refractivity contribution < 1.29 is 0 Å². The largest absolute Gasteiger partial charge is 0.377 e. The first-order valence-electron chi connectivity index (χ1n) is 10.0. The van der Waals surface area contributed by atoms with Crippen molar-refractivity contribution in [2.24, 2.45) is 7.05 Å². The van der Waals surface area contributed by atoms with Crippen LogP contribution in [0, 0.1) is 0 Å². The van der Waals surface area contributed by atoms with E-state index in [9.17, 15) is 4.79 Å². The van der Waals surface area contributed by atoms with Crippen molar-refractivity contribution in [3.63, 3.8) is 0 Å². The highest BCUT2D eigenvalue weighted by molar-refractivity contribution is 5.97. The van der Waals surface area contributed by atoms with Crippen LogP contribution in [0.2, 0.25) is 0 Å². The molecule has 30 heavy (non-hydrogen) atoms. The fourth-order valence-electron chi connectivity index (χ4n) is 4.42. The Bertz CT molecular complexity index is 1270. The Labute approximate surface area is 174 Å². The number of nitrogens with zero attached hydrogens (tertiary/aromatic N) is 4. The van der Waals surface area contributed by atoms with E-state index in [0.29, 0.717) is 5.39 Å². The lowest BCUT2D eigenvalue weighted by Crippen LogP contribution is -2.29. The Morgan fingerprint density at radius 1 is 1.13 bits per heavy atom. The molecule has 7 heteroatoms. The molecule has 0 bridgehead atoms. The van der Waals surface area contributed by atoms with Gasteiger partial charge in [-0.1, -0.05) is 30.3 Å². The van der Waals surface area contributed by atoms with E-state index in [2.05, 4.69) is 63.8 Å². The normalized spacial score (nSPS) is 18.0. The molecule has 152 valence electrons.